The summed E-state index contributed by atoms with van der Waals surface area (Å²) in [6.07, 6.45) is 1.27. The molecule has 2 N–H and O–H groups in total. The molecule has 0 aliphatic carbocycles. The minimum atomic E-state index is -1.05. The van der Waals surface area contributed by atoms with Crippen molar-refractivity contribution in [2.75, 3.05) is 25.1 Å². The van der Waals surface area contributed by atoms with Crippen LogP contribution in [0.4, 0.5) is 5.82 Å². The van der Waals surface area contributed by atoms with Crippen LogP contribution >= 0.6 is 11.6 Å². The van der Waals surface area contributed by atoms with E-state index in [1.54, 1.807) is 0 Å². The lowest BCUT2D eigenvalue weighted by Gasteiger charge is -2.09. The molecule has 1 heterocycles. The molecule has 0 spiro atoms. The van der Waals surface area contributed by atoms with Crippen molar-refractivity contribution in [2.24, 2.45) is 5.92 Å². The first-order valence-corrected chi connectivity index (χ1v) is 6.09. The SMILES string of the molecule is CC(C)COCCNc1ncc(C(=O)O)cc1Cl. The highest BCUT2D eigenvalue weighted by molar-refractivity contribution is 6.33. The van der Waals surface area contributed by atoms with Crippen molar-refractivity contribution in [1.82, 2.24) is 4.98 Å². The molecule has 1 aromatic rings. The fourth-order valence-corrected chi connectivity index (χ4v) is 1.48. The highest BCUT2D eigenvalue weighted by atomic mass is 35.5. The maximum Gasteiger partial charge on any atom is 0.337 e. The molecule has 0 unspecified atom stereocenters. The Balaban J connectivity index is 2.41. The summed E-state index contributed by atoms with van der Waals surface area (Å²) in [6, 6.07) is 1.37. The van der Waals surface area contributed by atoms with Crippen molar-refractivity contribution in [3.63, 3.8) is 0 Å². The third-order valence-electron chi connectivity index (χ3n) is 2.08. The van der Waals surface area contributed by atoms with Gasteiger partial charge in [-0.3, -0.25) is 0 Å². The summed E-state index contributed by atoms with van der Waals surface area (Å²) in [7, 11) is 0. The molecule has 0 bridgehead atoms. The number of nitrogens with zero attached hydrogens (tertiary/aromatic N) is 1. The van der Waals surface area contributed by atoms with E-state index in [0.717, 1.165) is 0 Å². The number of aromatic carboxylic acids is 1. The molecule has 0 aliphatic rings. The summed E-state index contributed by atoms with van der Waals surface area (Å²) in [6.45, 7) is 6.00. The van der Waals surface area contributed by atoms with Crippen molar-refractivity contribution in [3.8, 4) is 0 Å². The van der Waals surface area contributed by atoms with Crippen LogP contribution in [-0.4, -0.2) is 35.8 Å². The van der Waals surface area contributed by atoms with E-state index in [-0.39, 0.29) is 5.56 Å². The number of anilines is 1. The van der Waals surface area contributed by atoms with E-state index in [0.29, 0.717) is 36.5 Å². The van der Waals surface area contributed by atoms with Crippen LogP contribution in [0.2, 0.25) is 5.02 Å². The summed E-state index contributed by atoms with van der Waals surface area (Å²) in [5, 5.41) is 12.0. The second kappa shape index (κ2) is 7.18. The molecular formula is C12H17ClN2O3. The highest BCUT2D eigenvalue weighted by Gasteiger charge is 2.07. The van der Waals surface area contributed by atoms with E-state index in [1.165, 1.54) is 12.3 Å². The minimum Gasteiger partial charge on any atom is -0.478 e. The first-order chi connectivity index (χ1) is 8.50. The molecule has 0 aromatic carbocycles. The number of halogens is 1. The van der Waals surface area contributed by atoms with E-state index >= 15 is 0 Å². The molecule has 0 radical (unpaired) electrons. The van der Waals surface area contributed by atoms with Crippen LogP contribution in [0.3, 0.4) is 0 Å². The standard InChI is InChI=1S/C12H17ClN2O3/c1-8(2)7-18-4-3-14-11-10(13)5-9(6-15-11)12(16)17/h5-6,8H,3-4,7H2,1-2H3,(H,14,15)(H,16,17). The van der Waals surface area contributed by atoms with Crippen molar-refractivity contribution >= 4 is 23.4 Å². The van der Waals surface area contributed by atoms with Crippen LogP contribution in [-0.2, 0) is 4.74 Å². The lowest BCUT2D eigenvalue weighted by atomic mass is 10.2. The van der Waals surface area contributed by atoms with E-state index < -0.39 is 5.97 Å². The van der Waals surface area contributed by atoms with E-state index in [2.05, 4.69) is 24.1 Å². The summed E-state index contributed by atoms with van der Waals surface area (Å²) < 4.78 is 5.39. The van der Waals surface area contributed by atoms with E-state index in [4.69, 9.17) is 21.4 Å². The molecule has 0 atom stereocenters. The molecule has 1 rings (SSSR count). The largest absolute Gasteiger partial charge is 0.478 e. The van der Waals surface area contributed by atoms with Gasteiger partial charge in [-0.25, -0.2) is 9.78 Å². The van der Waals surface area contributed by atoms with Gasteiger partial charge in [0.25, 0.3) is 0 Å². The maximum atomic E-state index is 10.7. The Morgan fingerprint density at radius 3 is 2.89 bits per heavy atom. The van der Waals surface area contributed by atoms with Gasteiger partial charge in [0.1, 0.15) is 5.82 Å². The number of aromatic nitrogens is 1. The zero-order chi connectivity index (χ0) is 13.5. The Morgan fingerprint density at radius 1 is 1.61 bits per heavy atom. The molecular weight excluding hydrogens is 256 g/mol. The normalized spacial score (nSPS) is 10.7. The molecule has 6 heteroatoms. The number of hydrogen-bond donors (Lipinski definition) is 2. The number of carboxylic acids is 1. The third-order valence-corrected chi connectivity index (χ3v) is 2.37. The maximum absolute atomic E-state index is 10.7. The van der Waals surface area contributed by atoms with E-state index in [1.807, 2.05) is 0 Å². The number of carboxylic acid groups (broad SMARTS) is 1. The fraction of sp³-hybridized carbons (Fsp3) is 0.500. The molecule has 18 heavy (non-hydrogen) atoms. The highest BCUT2D eigenvalue weighted by Crippen LogP contribution is 2.19. The van der Waals surface area contributed by atoms with Crippen LogP contribution in [0.25, 0.3) is 0 Å². The fourth-order valence-electron chi connectivity index (χ4n) is 1.25. The Hall–Kier alpha value is -1.33. The minimum absolute atomic E-state index is 0.0709. The van der Waals surface area contributed by atoms with Gasteiger partial charge in [0.15, 0.2) is 0 Å². The lowest BCUT2D eigenvalue weighted by Crippen LogP contribution is -2.13. The number of rotatable bonds is 7. The molecule has 0 aliphatic heterocycles. The van der Waals surface area contributed by atoms with Crippen LogP contribution in [0.1, 0.15) is 24.2 Å². The second-order valence-electron chi connectivity index (χ2n) is 4.26. The predicted octanol–water partition coefficient (Wildman–Crippen LogP) is 2.52. The van der Waals surface area contributed by atoms with Gasteiger partial charge >= 0.3 is 5.97 Å². The molecule has 0 fully saturated rings. The summed E-state index contributed by atoms with van der Waals surface area (Å²) >= 11 is 5.91. The molecule has 5 nitrogen and oxygen atoms in total. The lowest BCUT2D eigenvalue weighted by molar-refractivity contribution is 0.0696. The third kappa shape index (κ3) is 4.89. The second-order valence-corrected chi connectivity index (χ2v) is 4.66. The smallest absolute Gasteiger partial charge is 0.337 e. The Bertz CT molecular complexity index is 410. The van der Waals surface area contributed by atoms with Crippen LogP contribution in [0, 0.1) is 5.92 Å². The van der Waals surface area contributed by atoms with Gasteiger partial charge in [0, 0.05) is 19.3 Å². The molecule has 0 amide bonds. The first kappa shape index (κ1) is 14.7. The topological polar surface area (TPSA) is 71.5 Å². The van der Waals surface area contributed by atoms with Gasteiger partial charge in [0.2, 0.25) is 0 Å². The van der Waals surface area contributed by atoms with Gasteiger partial charge in [-0.2, -0.15) is 0 Å². The summed E-state index contributed by atoms with van der Waals surface area (Å²) in [4.78, 5) is 14.6. The molecule has 1 aromatic heterocycles. The summed E-state index contributed by atoms with van der Waals surface area (Å²) in [5.74, 6) is -0.0763. The van der Waals surface area contributed by atoms with Gasteiger partial charge in [-0.15, -0.1) is 0 Å². The van der Waals surface area contributed by atoms with Crippen LogP contribution in [0.5, 0.6) is 0 Å². The Kier molecular flexibility index (Phi) is 5.88. The number of pyridine rings is 1. The number of ether oxygens (including phenoxy) is 1. The number of carbonyl (C=O) groups is 1. The van der Waals surface area contributed by atoms with Crippen LogP contribution in [0.15, 0.2) is 12.3 Å². The quantitative estimate of drug-likeness (QED) is 0.746. The van der Waals surface area contributed by atoms with Crippen molar-refractivity contribution in [1.29, 1.82) is 0 Å². The first-order valence-electron chi connectivity index (χ1n) is 5.71. The average molecular weight is 273 g/mol. The molecule has 0 saturated carbocycles. The zero-order valence-corrected chi connectivity index (χ0v) is 11.2. The van der Waals surface area contributed by atoms with Gasteiger partial charge in [-0.1, -0.05) is 25.4 Å². The van der Waals surface area contributed by atoms with Crippen molar-refractivity contribution < 1.29 is 14.6 Å². The Labute approximate surface area is 111 Å². The van der Waals surface area contributed by atoms with Crippen molar-refractivity contribution in [2.45, 2.75) is 13.8 Å². The van der Waals surface area contributed by atoms with Crippen molar-refractivity contribution in [3.05, 3.63) is 22.8 Å². The van der Waals surface area contributed by atoms with Gasteiger partial charge < -0.3 is 15.2 Å². The van der Waals surface area contributed by atoms with Crippen LogP contribution < -0.4 is 5.32 Å². The predicted molar refractivity (Wildman–Crippen MR) is 70.4 cm³/mol. The number of nitrogens with one attached hydrogen (secondary N) is 1. The summed E-state index contributed by atoms with van der Waals surface area (Å²) in [5.41, 5.74) is 0.0709. The van der Waals surface area contributed by atoms with Gasteiger partial charge in [0.05, 0.1) is 17.2 Å². The average Bonchev–Trinajstić information content (AvgIpc) is 2.29. The van der Waals surface area contributed by atoms with Gasteiger partial charge in [-0.05, 0) is 12.0 Å². The molecule has 100 valence electrons. The zero-order valence-electron chi connectivity index (χ0n) is 10.4. The number of hydrogen-bond acceptors (Lipinski definition) is 4. The molecule has 0 saturated heterocycles. The Morgan fingerprint density at radius 2 is 2.33 bits per heavy atom. The monoisotopic (exact) mass is 272 g/mol. The van der Waals surface area contributed by atoms with E-state index in [9.17, 15) is 4.79 Å².